The van der Waals surface area contributed by atoms with Crippen molar-refractivity contribution in [1.29, 1.82) is 0 Å². The molecule has 0 aliphatic carbocycles. The molecule has 1 aromatic carbocycles. The summed E-state index contributed by atoms with van der Waals surface area (Å²) < 4.78 is 18.3. The molecule has 16 heavy (non-hydrogen) atoms. The summed E-state index contributed by atoms with van der Waals surface area (Å²) in [5.41, 5.74) is 5.72. The van der Waals surface area contributed by atoms with Crippen molar-refractivity contribution in [3.05, 3.63) is 30.1 Å². The van der Waals surface area contributed by atoms with Crippen molar-refractivity contribution < 1.29 is 9.13 Å². The number of hydrogen-bond acceptors (Lipinski definition) is 5. The minimum Gasteiger partial charge on any atom is -0.467 e. The Balaban J connectivity index is 2.56. The maximum atomic E-state index is 13.5. The standard InChI is InChI=1S/C10H9FN4O/c1-16-10-14-8(13-9(12)15-10)6-4-2-3-5-7(6)11/h2-5H,1H3,(H2,12,13,14,15). The van der Waals surface area contributed by atoms with Crippen molar-refractivity contribution in [2.24, 2.45) is 0 Å². The van der Waals surface area contributed by atoms with Crippen LogP contribution in [-0.4, -0.2) is 22.1 Å². The molecule has 2 N–H and O–H groups in total. The molecule has 0 bridgehead atoms. The molecule has 82 valence electrons. The van der Waals surface area contributed by atoms with Crippen LogP contribution in [0.15, 0.2) is 24.3 Å². The van der Waals surface area contributed by atoms with Gasteiger partial charge in [0.2, 0.25) is 5.95 Å². The minimum absolute atomic E-state index is 0.00916. The summed E-state index contributed by atoms with van der Waals surface area (Å²) in [6.45, 7) is 0. The molecule has 0 amide bonds. The van der Waals surface area contributed by atoms with Gasteiger partial charge in [-0.1, -0.05) is 12.1 Å². The number of halogens is 1. The van der Waals surface area contributed by atoms with E-state index >= 15 is 0 Å². The van der Waals surface area contributed by atoms with Crippen LogP contribution in [-0.2, 0) is 0 Å². The van der Waals surface area contributed by atoms with Crippen molar-refractivity contribution in [3.8, 4) is 17.4 Å². The summed E-state index contributed by atoms with van der Waals surface area (Å²) >= 11 is 0. The predicted octanol–water partition coefficient (Wildman–Crippen LogP) is 1.27. The van der Waals surface area contributed by atoms with Gasteiger partial charge in [-0.25, -0.2) is 4.39 Å². The molecule has 0 saturated heterocycles. The maximum Gasteiger partial charge on any atom is 0.321 e. The normalized spacial score (nSPS) is 10.1. The largest absolute Gasteiger partial charge is 0.467 e. The topological polar surface area (TPSA) is 73.9 Å². The van der Waals surface area contributed by atoms with E-state index in [9.17, 15) is 4.39 Å². The lowest BCUT2D eigenvalue weighted by molar-refractivity contribution is 0.379. The minimum atomic E-state index is -0.421. The van der Waals surface area contributed by atoms with E-state index < -0.39 is 5.82 Å². The molecular weight excluding hydrogens is 211 g/mol. The van der Waals surface area contributed by atoms with Crippen LogP contribution < -0.4 is 10.5 Å². The number of ether oxygens (including phenoxy) is 1. The summed E-state index contributed by atoms with van der Waals surface area (Å²) in [4.78, 5) is 11.5. The van der Waals surface area contributed by atoms with Gasteiger partial charge in [0.1, 0.15) is 5.82 Å². The highest BCUT2D eigenvalue weighted by molar-refractivity contribution is 5.56. The number of anilines is 1. The average Bonchev–Trinajstić information content (AvgIpc) is 2.28. The number of aromatic nitrogens is 3. The lowest BCUT2D eigenvalue weighted by atomic mass is 10.2. The van der Waals surface area contributed by atoms with Crippen molar-refractivity contribution in [2.75, 3.05) is 12.8 Å². The molecule has 5 nitrogen and oxygen atoms in total. The Morgan fingerprint density at radius 3 is 2.62 bits per heavy atom. The fraction of sp³-hybridized carbons (Fsp3) is 0.100. The highest BCUT2D eigenvalue weighted by Crippen LogP contribution is 2.20. The fourth-order valence-corrected chi connectivity index (χ4v) is 1.23. The zero-order chi connectivity index (χ0) is 11.5. The van der Waals surface area contributed by atoms with Gasteiger partial charge in [0.15, 0.2) is 5.82 Å². The Morgan fingerprint density at radius 2 is 1.94 bits per heavy atom. The number of hydrogen-bond donors (Lipinski definition) is 1. The smallest absolute Gasteiger partial charge is 0.321 e. The quantitative estimate of drug-likeness (QED) is 0.824. The molecule has 0 atom stereocenters. The summed E-state index contributed by atoms with van der Waals surface area (Å²) in [6.07, 6.45) is 0. The number of methoxy groups -OCH3 is 1. The zero-order valence-corrected chi connectivity index (χ0v) is 8.51. The molecule has 1 heterocycles. The first kappa shape index (κ1) is 10.3. The van der Waals surface area contributed by atoms with E-state index in [1.54, 1.807) is 18.2 Å². The van der Waals surface area contributed by atoms with E-state index in [4.69, 9.17) is 10.5 Å². The molecule has 1 aromatic heterocycles. The zero-order valence-electron chi connectivity index (χ0n) is 8.51. The molecule has 0 fully saturated rings. The molecule has 2 rings (SSSR count). The number of nitrogens with two attached hydrogens (primary N) is 1. The summed E-state index contributed by atoms with van der Waals surface area (Å²) in [5.74, 6) is -0.275. The Hall–Kier alpha value is -2.24. The first-order chi connectivity index (χ1) is 7.70. The second kappa shape index (κ2) is 4.09. The van der Waals surface area contributed by atoms with Crippen LogP contribution in [0.25, 0.3) is 11.4 Å². The maximum absolute atomic E-state index is 13.5. The van der Waals surface area contributed by atoms with E-state index in [0.717, 1.165) is 0 Å². The van der Waals surface area contributed by atoms with Gasteiger partial charge in [0.25, 0.3) is 0 Å². The number of nitrogens with zero attached hydrogens (tertiary/aromatic N) is 3. The van der Waals surface area contributed by atoms with E-state index in [2.05, 4.69) is 15.0 Å². The highest BCUT2D eigenvalue weighted by Gasteiger charge is 2.10. The summed E-state index contributed by atoms with van der Waals surface area (Å²) in [6, 6.07) is 6.21. The highest BCUT2D eigenvalue weighted by atomic mass is 19.1. The molecule has 0 saturated carbocycles. The van der Waals surface area contributed by atoms with Crippen molar-refractivity contribution >= 4 is 5.95 Å². The van der Waals surface area contributed by atoms with Gasteiger partial charge in [0, 0.05) is 0 Å². The van der Waals surface area contributed by atoms with Gasteiger partial charge in [-0.3, -0.25) is 0 Å². The summed E-state index contributed by atoms with van der Waals surface area (Å²) in [7, 11) is 1.40. The van der Waals surface area contributed by atoms with E-state index in [1.807, 2.05) is 0 Å². The van der Waals surface area contributed by atoms with Crippen LogP contribution in [0.3, 0.4) is 0 Å². The van der Waals surface area contributed by atoms with Gasteiger partial charge >= 0.3 is 6.01 Å². The lowest BCUT2D eigenvalue weighted by Gasteiger charge is -2.04. The first-order valence-corrected chi connectivity index (χ1v) is 4.51. The van der Waals surface area contributed by atoms with E-state index in [0.29, 0.717) is 0 Å². The number of rotatable bonds is 2. The van der Waals surface area contributed by atoms with E-state index in [1.165, 1.54) is 13.2 Å². The van der Waals surface area contributed by atoms with Gasteiger partial charge < -0.3 is 10.5 Å². The Morgan fingerprint density at radius 1 is 1.19 bits per heavy atom. The third-order valence-electron chi connectivity index (χ3n) is 1.93. The predicted molar refractivity (Wildman–Crippen MR) is 56.2 cm³/mol. The lowest BCUT2D eigenvalue weighted by Crippen LogP contribution is -2.03. The molecular formula is C10H9FN4O. The number of benzene rings is 1. The third kappa shape index (κ3) is 1.90. The van der Waals surface area contributed by atoms with Crippen LogP contribution >= 0.6 is 0 Å². The third-order valence-corrected chi connectivity index (χ3v) is 1.93. The summed E-state index contributed by atoms with van der Waals surface area (Å²) in [5, 5.41) is 0. The van der Waals surface area contributed by atoms with Crippen LogP contribution in [0.1, 0.15) is 0 Å². The SMILES string of the molecule is COc1nc(N)nc(-c2ccccc2F)n1. The molecule has 0 radical (unpaired) electrons. The van der Waals surface area contributed by atoms with Crippen LogP contribution in [0.4, 0.5) is 10.3 Å². The monoisotopic (exact) mass is 220 g/mol. The Kier molecular flexibility index (Phi) is 2.63. The van der Waals surface area contributed by atoms with Gasteiger partial charge in [-0.05, 0) is 12.1 Å². The molecule has 0 unspecified atom stereocenters. The Bertz CT molecular complexity index is 518. The van der Waals surface area contributed by atoms with Crippen LogP contribution in [0.5, 0.6) is 6.01 Å². The molecule has 2 aromatic rings. The van der Waals surface area contributed by atoms with Crippen LogP contribution in [0.2, 0.25) is 0 Å². The molecule has 0 aliphatic heterocycles. The van der Waals surface area contributed by atoms with Crippen molar-refractivity contribution in [1.82, 2.24) is 15.0 Å². The number of nitrogen functional groups attached to an aromatic ring is 1. The average molecular weight is 220 g/mol. The van der Waals surface area contributed by atoms with Crippen molar-refractivity contribution in [2.45, 2.75) is 0 Å². The second-order valence-electron chi connectivity index (χ2n) is 2.98. The van der Waals surface area contributed by atoms with Crippen molar-refractivity contribution in [3.63, 3.8) is 0 Å². The van der Waals surface area contributed by atoms with Gasteiger partial charge in [-0.15, -0.1) is 0 Å². The van der Waals surface area contributed by atoms with Gasteiger partial charge in [0.05, 0.1) is 12.7 Å². The molecule has 0 aliphatic rings. The Labute approximate surface area is 91.1 Å². The van der Waals surface area contributed by atoms with Crippen LogP contribution in [0, 0.1) is 5.82 Å². The second-order valence-corrected chi connectivity index (χ2v) is 2.98. The molecule has 0 spiro atoms. The van der Waals surface area contributed by atoms with E-state index in [-0.39, 0.29) is 23.3 Å². The van der Waals surface area contributed by atoms with Gasteiger partial charge in [-0.2, -0.15) is 15.0 Å². The fourth-order valence-electron chi connectivity index (χ4n) is 1.23. The first-order valence-electron chi connectivity index (χ1n) is 4.51. The molecule has 6 heteroatoms.